The number of carbonyl (C=O) groups excluding carboxylic acids is 2. The predicted molar refractivity (Wildman–Crippen MR) is 93.8 cm³/mol. The number of fused-ring (bicyclic) bond motifs is 1. The molecule has 3 aliphatic heterocycles. The Morgan fingerprint density at radius 3 is 2.75 bits per heavy atom. The SMILES string of the molecule is COC(=O)NC[C@H]1CN(c2ccc(N3C=CC(=O)CC3)c(F)c2F)C2OC2O1. The molecule has 2 fully saturated rings. The molecular formula is C18H19F2N3O5. The molecule has 0 bridgehead atoms. The van der Waals surface area contributed by atoms with Gasteiger partial charge in [-0.2, -0.15) is 0 Å². The lowest BCUT2D eigenvalue weighted by atomic mass is 10.1. The summed E-state index contributed by atoms with van der Waals surface area (Å²) in [6.45, 7) is 0.640. The van der Waals surface area contributed by atoms with Crippen molar-refractivity contribution in [3.05, 3.63) is 36.0 Å². The number of alkyl carbamates (subject to hydrolysis) is 1. The molecule has 10 heteroatoms. The lowest BCUT2D eigenvalue weighted by Gasteiger charge is -2.32. The number of halogens is 2. The van der Waals surface area contributed by atoms with Crippen LogP contribution in [0.15, 0.2) is 24.4 Å². The van der Waals surface area contributed by atoms with Crippen molar-refractivity contribution in [2.75, 3.05) is 36.5 Å². The van der Waals surface area contributed by atoms with Crippen LogP contribution in [0.1, 0.15) is 6.42 Å². The minimum atomic E-state index is -1.00. The van der Waals surface area contributed by atoms with E-state index in [9.17, 15) is 18.4 Å². The number of ketones is 1. The molecule has 0 aromatic heterocycles. The summed E-state index contributed by atoms with van der Waals surface area (Å²) in [7, 11) is 1.25. The first-order valence-corrected chi connectivity index (χ1v) is 8.83. The van der Waals surface area contributed by atoms with E-state index in [0.717, 1.165) is 0 Å². The average Bonchev–Trinajstić information content (AvgIpc) is 3.48. The number of methoxy groups -OCH3 is 1. The number of anilines is 2. The van der Waals surface area contributed by atoms with Crippen LogP contribution in [0.3, 0.4) is 0 Å². The summed E-state index contributed by atoms with van der Waals surface area (Å²) in [5.74, 6) is -2.05. The summed E-state index contributed by atoms with van der Waals surface area (Å²) in [6, 6.07) is 2.95. The van der Waals surface area contributed by atoms with E-state index >= 15 is 0 Å². The molecule has 1 N–H and O–H groups in total. The van der Waals surface area contributed by atoms with E-state index < -0.39 is 36.3 Å². The van der Waals surface area contributed by atoms with Crippen LogP contribution < -0.4 is 15.1 Å². The highest BCUT2D eigenvalue weighted by Gasteiger charge is 2.51. The smallest absolute Gasteiger partial charge is 0.406 e. The van der Waals surface area contributed by atoms with Crippen LogP contribution in [0.4, 0.5) is 25.0 Å². The highest BCUT2D eigenvalue weighted by Crippen LogP contribution is 2.39. The van der Waals surface area contributed by atoms with Gasteiger partial charge in [-0.05, 0) is 18.2 Å². The lowest BCUT2D eigenvalue weighted by molar-refractivity contribution is -0.114. The standard InChI is InChI=1S/C18H19F2N3O5/c1-26-18(25)21-8-11-9-23(16-17(27-11)28-16)13-3-2-12(14(19)15(13)20)22-6-4-10(24)5-7-22/h2-4,6,11,16-17H,5,7-9H2,1H3,(H,21,25)/t11-,16?,17?/m0/s1. The fourth-order valence-corrected chi connectivity index (χ4v) is 3.32. The Balaban J connectivity index is 1.52. The molecule has 0 saturated carbocycles. The molecule has 1 amide bonds. The van der Waals surface area contributed by atoms with Crippen molar-refractivity contribution >= 4 is 23.3 Å². The van der Waals surface area contributed by atoms with Crippen LogP contribution in [0, 0.1) is 11.6 Å². The normalized spacial score (nSPS) is 26.1. The van der Waals surface area contributed by atoms with Crippen LogP contribution in [0.2, 0.25) is 0 Å². The maximum absolute atomic E-state index is 14.8. The Morgan fingerprint density at radius 1 is 1.29 bits per heavy atom. The molecule has 2 saturated heterocycles. The zero-order valence-electron chi connectivity index (χ0n) is 15.1. The van der Waals surface area contributed by atoms with E-state index in [1.54, 1.807) is 4.90 Å². The number of amides is 1. The number of benzene rings is 1. The highest BCUT2D eigenvalue weighted by molar-refractivity contribution is 5.91. The summed E-state index contributed by atoms with van der Waals surface area (Å²) in [5, 5.41) is 2.52. The first-order valence-electron chi connectivity index (χ1n) is 8.83. The summed E-state index contributed by atoms with van der Waals surface area (Å²) < 4.78 is 45.1. The lowest BCUT2D eigenvalue weighted by Crippen LogP contribution is -2.48. The number of morpholine rings is 1. The number of epoxide rings is 1. The van der Waals surface area contributed by atoms with Gasteiger partial charge in [0, 0.05) is 32.3 Å². The van der Waals surface area contributed by atoms with E-state index in [0.29, 0.717) is 0 Å². The molecule has 3 aliphatic rings. The van der Waals surface area contributed by atoms with Crippen molar-refractivity contribution in [2.24, 2.45) is 0 Å². The predicted octanol–water partition coefficient (Wildman–Crippen LogP) is 1.50. The molecule has 3 heterocycles. The van der Waals surface area contributed by atoms with Gasteiger partial charge < -0.3 is 29.3 Å². The summed E-state index contributed by atoms with van der Waals surface area (Å²) in [6.07, 6.45) is 0.905. The Morgan fingerprint density at radius 2 is 2.04 bits per heavy atom. The minimum Gasteiger partial charge on any atom is -0.453 e. The van der Waals surface area contributed by atoms with Gasteiger partial charge >= 0.3 is 6.09 Å². The van der Waals surface area contributed by atoms with E-state index in [2.05, 4.69) is 10.1 Å². The van der Waals surface area contributed by atoms with Gasteiger partial charge in [0.2, 0.25) is 6.29 Å². The number of hydrogen-bond acceptors (Lipinski definition) is 7. The van der Waals surface area contributed by atoms with E-state index in [-0.39, 0.29) is 43.2 Å². The van der Waals surface area contributed by atoms with Crippen LogP contribution in [0.25, 0.3) is 0 Å². The molecule has 0 radical (unpaired) electrons. The first kappa shape index (κ1) is 18.6. The van der Waals surface area contributed by atoms with Crippen LogP contribution >= 0.6 is 0 Å². The molecule has 0 aliphatic carbocycles. The monoisotopic (exact) mass is 395 g/mol. The van der Waals surface area contributed by atoms with Crippen molar-refractivity contribution in [3.8, 4) is 0 Å². The number of nitrogens with zero attached hydrogens (tertiary/aromatic N) is 2. The van der Waals surface area contributed by atoms with Crippen LogP contribution in [0.5, 0.6) is 0 Å². The Kier molecular flexibility index (Phi) is 4.90. The molecule has 8 nitrogen and oxygen atoms in total. The number of carbonyl (C=O) groups is 2. The fourth-order valence-electron chi connectivity index (χ4n) is 3.32. The maximum Gasteiger partial charge on any atom is 0.406 e. The van der Waals surface area contributed by atoms with Crippen molar-refractivity contribution in [2.45, 2.75) is 25.0 Å². The molecule has 4 rings (SSSR count). The van der Waals surface area contributed by atoms with Gasteiger partial charge in [0.25, 0.3) is 0 Å². The molecule has 2 unspecified atom stereocenters. The van der Waals surface area contributed by atoms with Crippen LogP contribution in [-0.2, 0) is 19.0 Å². The Hall–Kier alpha value is -2.72. The van der Waals surface area contributed by atoms with Gasteiger partial charge in [0.05, 0.1) is 24.6 Å². The third kappa shape index (κ3) is 3.52. The summed E-state index contributed by atoms with van der Waals surface area (Å²) >= 11 is 0. The quantitative estimate of drug-likeness (QED) is 0.774. The van der Waals surface area contributed by atoms with Crippen LogP contribution in [-0.4, -0.2) is 57.2 Å². The Labute approximate surface area is 159 Å². The number of allylic oxidation sites excluding steroid dienone is 1. The van der Waals surface area contributed by atoms with Gasteiger partial charge in [0.1, 0.15) is 0 Å². The van der Waals surface area contributed by atoms with Gasteiger partial charge in [-0.15, -0.1) is 0 Å². The van der Waals surface area contributed by atoms with Crippen molar-refractivity contribution in [3.63, 3.8) is 0 Å². The van der Waals surface area contributed by atoms with Gasteiger partial charge in [-0.25, -0.2) is 13.6 Å². The second-order valence-electron chi connectivity index (χ2n) is 6.64. The zero-order chi connectivity index (χ0) is 19.8. The maximum atomic E-state index is 14.8. The van der Waals surface area contributed by atoms with Crippen molar-refractivity contribution in [1.82, 2.24) is 5.32 Å². The molecule has 1 aromatic carbocycles. The van der Waals surface area contributed by atoms with E-state index in [1.807, 2.05) is 0 Å². The summed E-state index contributed by atoms with van der Waals surface area (Å²) in [4.78, 5) is 25.6. The van der Waals surface area contributed by atoms with Crippen molar-refractivity contribution in [1.29, 1.82) is 0 Å². The molecule has 1 aromatic rings. The molecule has 0 spiro atoms. The number of rotatable bonds is 4. The first-order chi connectivity index (χ1) is 13.5. The Bertz CT molecular complexity index is 834. The number of nitrogens with one attached hydrogen (secondary N) is 1. The van der Waals surface area contributed by atoms with Gasteiger partial charge in [-0.3, -0.25) is 4.79 Å². The zero-order valence-corrected chi connectivity index (χ0v) is 15.1. The van der Waals surface area contributed by atoms with Gasteiger partial charge in [0.15, 0.2) is 23.6 Å². The number of hydrogen-bond donors (Lipinski definition) is 1. The second-order valence-corrected chi connectivity index (χ2v) is 6.64. The molecular weight excluding hydrogens is 376 g/mol. The second kappa shape index (κ2) is 7.36. The van der Waals surface area contributed by atoms with E-state index in [4.69, 9.17) is 9.47 Å². The topological polar surface area (TPSA) is 83.6 Å². The molecule has 150 valence electrons. The summed E-state index contributed by atoms with van der Waals surface area (Å²) in [5.41, 5.74) is 0.118. The number of ether oxygens (including phenoxy) is 3. The average molecular weight is 395 g/mol. The van der Waals surface area contributed by atoms with Gasteiger partial charge in [-0.1, -0.05) is 0 Å². The minimum absolute atomic E-state index is 0.0504. The third-order valence-electron chi connectivity index (χ3n) is 4.82. The van der Waals surface area contributed by atoms with Crippen molar-refractivity contribution < 1.29 is 32.6 Å². The highest BCUT2D eigenvalue weighted by atomic mass is 19.2. The third-order valence-corrected chi connectivity index (χ3v) is 4.82. The molecule has 3 atom stereocenters. The fraction of sp³-hybridized carbons (Fsp3) is 0.444. The van der Waals surface area contributed by atoms with E-state index in [1.165, 1.54) is 36.4 Å². The molecule has 28 heavy (non-hydrogen) atoms. The largest absolute Gasteiger partial charge is 0.453 e.